The van der Waals surface area contributed by atoms with Gasteiger partial charge in [0.05, 0.1) is 7.11 Å². The second-order valence-electron chi connectivity index (χ2n) is 3.19. The molecule has 0 saturated heterocycles. The fraction of sp³-hybridized carbons (Fsp3) is 0.364. The summed E-state index contributed by atoms with van der Waals surface area (Å²) < 4.78 is 22.7. The molecule has 0 saturated carbocycles. The number of aryl methyl sites for hydroxylation is 1. The monoisotopic (exact) mass is 212 g/mol. The Morgan fingerprint density at radius 3 is 2.67 bits per heavy atom. The number of esters is 1. The van der Waals surface area contributed by atoms with Crippen LogP contribution in [0.15, 0.2) is 18.2 Å². The Hall–Kier alpha value is -1.58. The lowest BCUT2D eigenvalue weighted by atomic mass is 10.2. The molecule has 1 aromatic rings. The van der Waals surface area contributed by atoms with Crippen molar-refractivity contribution in [2.45, 2.75) is 20.0 Å². The zero-order chi connectivity index (χ0) is 11.4. The van der Waals surface area contributed by atoms with Crippen LogP contribution in [0.5, 0.6) is 5.75 Å². The van der Waals surface area contributed by atoms with E-state index in [1.54, 1.807) is 13.8 Å². The molecule has 1 rings (SSSR count). The third kappa shape index (κ3) is 2.94. The van der Waals surface area contributed by atoms with Crippen molar-refractivity contribution in [3.05, 3.63) is 29.6 Å². The Morgan fingerprint density at radius 2 is 2.13 bits per heavy atom. The van der Waals surface area contributed by atoms with E-state index in [0.717, 1.165) is 0 Å². The van der Waals surface area contributed by atoms with E-state index in [1.165, 1.54) is 25.3 Å². The summed E-state index contributed by atoms with van der Waals surface area (Å²) in [6, 6.07) is 4.31. The summed E-state index contributed by atoms with van der Waals surface area (Å²) in [5.41, 5.74) is 0.476. The molecule has 1 unspecified atom stereocenters. The molecule has 0 amide bonds. The van der Waals surface area contributed by atoms with Crippen LogP contribution in [0.25, 0.3) is 0 Å². The summed E-state index contributed by atoms with van der Waals surface area (Å²) in [7, 11) is 1.29. The first kappa shape index (κ1) is 11.5. The van der Waals surface area contributed by atoms with Crippen molar-refractivity contribution >= 4 is 5.97 Å². The molecule has 1 atom stereocenters. The van der Waals surface area contributed by atoms with Crippen LogP contribution in [0.3, 0.4) is 0 Å². The molecule has 0 heterocycles. The van der Waals surface area contributed by atoms with Crippen molar-refractivity contribution in [1.29, 1.82) is 0 Å². The molecular weight excluding hydrogens is 199 g/mol. The van der Waals surface area contributed by atoms with Gasteiger partial charge < -0.3 is 9.47 Å². The maximum Gasteiger partial charge on any atom is 0.346 e. The lowest BCUT2D eigenvalue weighted by Crippen LogP contribution is -2.24. The van der Waals surface area contributed by atoms with Gasteiger partial charge in [-0.3, -0.25) is 0 Å². The van der Waals surface area contributed by atoms with Crippen LogP contribution in [0.1, 0.15) is 12.5 Å². The molecule has 0 spiro atoms. The number of carbonyl (C=O) groups excluding carboxylic acids is 1. The van der Waals surface area contributed by atoms with Crippen LogP contribution in [0.2, 0.25) is 0 Å². The third-order valence-corrected chi connectivity index (χ3v) is 1.98. The van der Waals surface area contributed by atoms with Crippen LogP contribution in [0, 0.1) is 12.7 Å². The van der Waals surface area contributed by atoms with Crippen molar-refractivity contribution < 1.29 is 18.7 Å². The number of hydrogen-bond donors (Lipinski definition) is 0. The van der Waals surface area contributed by atoms with Crippen LogP contribution >= 0.6 is 0 Å². The molecule has 1 aromatic carbocycles. The maximum atomic E-state index is 12.9. The molecule has 0 N–H and O–H groups in total. The highest BCUT2D eigenvalue weighted by molar-refractivity contribution is 5.74. The van der Waals surface area contributed by atoms with Gasteiger partial charge >= 0.3 is 5.97 Å². The molecule has 0 bridgehead atoms. The highest BCUT2D eigenvalue weighted by Crippen LogP contribution is 2.17. The quantitative estimate of drug-likeness (QED) is 0.719. The zero-order valence-corrected chi connectivity index (χ0v) is 8.91. The summed E-state index contributed by atoms with van der Waals surface area (Å²) in [4.78, 5) is 11.0. The minimum atomic E-state index is -0.695. The largest absolute Gasteiger partial charge is 0.479 e. The predicted molar refractivity (Wildman–Crippen MR) is 53.2 cm³/mol. The molecule has 0 radical (unpaired) electrons. The van der Waals surface area contributed by atoms with Gasteiger partial charge in [-0.05, 0) is 37.6 Å². The molecule has 0 aromatic heterocycles. The number of ether oxygens (including phenoxy) is 2. The van der Waals surface area contributed by atoms with E-state index in [4.69, 9.17) is 4.74 Å². The van der Waals surface area contributed by atoms with E-state index in [-0.39, 0.29) is 5.82 Å². The van der Waals surface area contributed by atoms with Crippen molar-refractivity contribution in [2.24, 2.45) is 0 Å². The standard InChI is InChI=1S/C11H13FO3/c1-7-6-9(4-5-10(7)12)15-8(2)11(13)14-3/h4-6,8H,1-3H3. The number of hydrogen-bond acceptors (Lipinski definition) is 3. The first-order chi connectivity index (χ1) is 7.04. The van der Waals surface area contributed by atoms with E-state index >= 15 is 0 Å². The second-order valence-corrected chi connectivity index (χ2v) is 3.19. The molecule has 15 heavy (non-hydrogen) atoms. The lowest BCUT2D eigenvalue weighted by molar-refractivity contribution is -0.147. The number of benzene rings is 1. The average molecular weight is 212 g/mol. The van der Waals surface area contributed by atoms with Gasteiger partial charge in [-0.25, -0.2) is 9.18 Å². The first-order valence-corrected chi connectivity index (χ1v) is 4.55. The van der Waals surface area contributed by atoms with Crippen LogP contribution in [-0.4, -0.2) is 19.2 Å². The molecule has 82 valence electrons. The van der Waals surface area contributed by atoms with Crippen molar-refractivity contribution in [3.8, 4) is 5.75 Å². The molecule has 4 heteroatoms. The summed E-state index contributed by atoms with van der Waals surface area (Å²) in [6.45, 7) is 3.20. The van der Waals surface area contributed by atoms with Crippen LogP contribution < -0.4 is 4.74 Å². The molecule has 0 aliphatic carbocycles. The third-order valence-electron chi connectivity index (χ3n) is 1.98. The SMILES string of the molecule is COC(=O)C(C)Oc1ccc(F)c(C)c1. The van der Waals surface area contributed by atoms with Gasteiger partial charge in [-0.2, -0.15) is 0 Å². The van der Waals surface area contributed by atoms with Crippen LogP contribution in [0.4, 0.5) is 4.39 Å². The maximum absolute atomic E-state index is 12.9. The topological polar surface area (TPSA) is 35.5 Å². The van der Waals surface area contributed by atoms with E-state index in [9.17, 15) is 9.18 Å². The Labute approximate surface area is 87.8 Å². The van der Waals surface area contributed by atoms with Gasteiger partial charge in [0.25, 0.3) is 0 Å². The summed E-state index contributed by atoms with van der Waals surface area (Å²) in [5, 5.41) is 0. The highest BCUT2D eigenvalue weighted by atomic mass is 19.1. The number of methoxy groups -OCH3 is 1. The van der Waals surface area contributed by atoms with E-state index in [1.807, 2.05) is 0 Å². The van der Waals surface area contributed by atoms with E-state index < -0.39 is 12.1 Å². The second kappa shape index (κ2) is 4.77. The summed E-state index contributed by atoms with van der Waals surface area (Å²) in [5.74, 6) is -0.308. The predicted octanol–water partition coefficient (Wildman–Crippen LogP) is 2.07. The van der Waals surface area contributed by atoms with Gasteiger partial charge in [0.1, 0.15) is 11.6 Å². The normalized spacial score (nSPS) is 12.0. The number of rotatable bonds is 3. The average Bonchev–Trinajstić information content (AvgIpc) is 2.22. The van der Waals surface area contributed by atoms with Gasteiger partial charge in [0.2, 0.25) is 0 Å². The molecule has 3 nitrogen and oxygen atoms in total. The Kier molecular flexibility index (Phi) is 3.66. The molecule has 0 aliphatic rings. The summed E-state index contributed by atoms with van der Waals surface area (Å²) >= 11 is 0. The Balaban J connectivity index is 2.73. The van der Waals surface area contributed by atoms with Crippen LogP contribution in [-0.2, 0) is 9.53 Å². The smallest absolute Gasteiger partial charge is 0.346 e. The molecular formula is C11H13FO3. The van der Waals surface area contributed by atoms with E-state index in [0.29, 0.717) is 11.3 Å². The van der Waals surface area contributed by atoms with Gasteiger partial charge in [-0.1, -0.05) is 0 Å². The van der Waals surface area contributed by atoms with Crippen molar-refractivity contribution in [3.63, 3.8) is 0 Å². The van der Waals surface area contributed by atoms with Gasteiger partial charge in [0.15, 0.2) is 6.10 Å². The van der Waals surface area contributed by atoms with Gasteiger partial charge in [0, 0.05) is 0 Å². The Bertz CT molecular complexity index is 363. The lowest BCUT2D eigenvalue weighted by Gasteiger charge is -2.12. The minimum absolute atomic E-state index is 0.298. The number of carbonyl (C=O) groups is 1. The molecule has 0 fully saturated rings. The minimum Gasteiger partial charge on any atom is -0.479 e. The van der Waals surface area contributed by atoms with Crippen molar-refractivity contribution in [1.82, 2.24) is 0 Å². The first-order valence-electron chi connectivity index (χ1n) is 4.55. The molecule has 0 aliphatic heterocycles. The Morgan fingerprint density at radius 1 is 1.47 bits per heavy atom. The van der Waals surface area contributed by atoms with E-state index in [2.05, 4.69) is 4.74 Å². The van der Waals surface area contributed by atoms with Gasteiger partial charge in [-0.15, -0.1) is 0 Å². The fourth-order valence-electron chi connectivity index (χ4n) is 1.11. The zero-order valence-electron chi connectivity index (χ0n) is 8.91. The summed E-state index contributed by atoms with van der Waals surface area (Å²) in [6.07, 6.45) is -0.695. The number of halogens is 1. The fourth-order valence-corrected chi connectivity index (χ4v) is 1.11. The highest BCUT2D eigenvalue weighted by Gasteiger charge is 2.14. The van der Waals surface area contributed by atoms with Crippen molar-refractivity contribution in [2.75, 3.05) is 7.11 Å².